The second-order valence-corrected chi connectivity index (χ2v) is 10.9. The molecule has 1 aliphatic heterocycles. The number of Topliss-reactive ketones (excluding diaryl/α,β-unsaturated/α-hetero) is 1. The number of carbonyl (C=O) groups is 1. The molecule has 5 aromatic rings. The fraction of sp³-hybridized carbons (Fsp3) is 0.121. The number of hydrogen-bond acceptors (Lipinski definition) is 5. The first kappa shape index (κ1) is 23.6. The van der Waals surface area contributed by atoms with Crippen LogP contribution < -0.4 is 14.9 Å². The van der Waals surface area contributed by atoms with Crippen molar-refractivity contribution in [1.29, 1.82) is 0 Å². The van der Waals surface area contributed by atoms with Crippen molar-refractivity contribution in [3.05, 3.63) is 144 Å². The molecule has 0 fully saturated rings. The second kappa shape index (κ2) is 9.33. The number of aryl methyl sites for hydroxylation is 1. The third kappa shape index (κ3) is 4.04. The topological polar surface area (TPSA) is 64.6 Å². The van der Waals surface area contributed by atoms with Crippen LogP contribution >= 0.6 is 11.3 Å². The van der Waals surface area contributed by atoms with E-state index in [-0.39, 0.29) is 17.4 Å². The number of furan rings is 1. The van der Waals surface area contributed by atoms with Gasteiger partial charge in [-0.2, -0.15) is 0 Å². The summed E-state index contributed by atoms with van der Waals surface area (Å²) in [5, 5.41) is 0. The van der Waals surface area contributed by atoms with Gasteiger partial charge in [0, 0.05) is 22.8 Å². The normalized spacial score (nSPS) is 16.3. The molecule has 1 aliphatic carbocycles. The highest BCUT2D eigenvalue weighted by Crippen LogP contribution is 2.41. The molecule has 0 bridgehead atoms. The number of benzene rings is 3. The van der Waals surface area contributed by atoms with Gasteiger partial charge in [-0.15, -0.1) is 0 Å². The molecule has 5 nitrogen and oxygen atoms in total. The van der Waals surface area contributed by atoms with Gasteiger partial charge in [0.2, 0.25) is 0 Å². The summed E-state index contributed by atoms with van der Waals surface area (Å²) in [4.78, 5) is 31.3. The highest BCUT2D eigenvalue weighted by atomic mass is 32.1. The van der Waals surface area contributed by atoms with Crippen molar-refractivity contribution >= 4 is 28.9 Å². The highest BCUT2D eigenvalue weighted by Gasteiger charge is 2.32. The van der Waals surface area contributed by atoms with Crippen molar-refractivity contribution in [3.8, 4) is 11.3 Å². The standard InChI is InChI=1S/C33H24N2O3S/c1-20(36)21-11-13-23(14-12-21)28-18-16-25(38-28)19-29-32(37)35-31(24-8-3-2-4-9-24)27-17-15-22-7-5-6-10-26(22)30(27)34-33(35)39-29/h2-14,16,18-19,31H,15,17H2,1H3/b29-19-/t31-/m0/s1. The molecule has 0 N–H and O–H groups in total. The zero-order valence-corrected chi connectivity index (χ0v) is 22.1. The maximum Gasteiger partial charge on any atom is 0.271 e. The number of rotatable bonds is 4. The number of ketones is 1. The molecule has 0 saturated carbocycles. The molecular weight excluding hydrogens is 504 g/mol. The number of thiazole rings is 1. The minimum Gasteiger partial charge on any atom is -0.457 e. The maximum atomic E-state index is 13.9. The Morgan fingerprint density at radius 2 is 1.72 bits per heavy atom. The van der Waals surface area contributed by atoms with Crippen LogP contribution in [0.25, 0.3) is 23.1 Å². The van der Waals surface area contributed by atoms with Crippen LogP contribution in [-0.4, -0.2) is 10.4 Å². The summed E-state index contributed by atoms with van der Waals surface area (Å²) in [6.45, 7) is 1.55. The van der Waals surface area contributed by atoms with Crippen molar-refractivity contribution in [2.75, 3.05) is 0 Å². The Morgan fingerprint density at radius 3 is 2.51 bits per heavy atom. The lowest BCUT2D eigenvalue weighted by molar-refractivity contribution is 0.101. The molecule has 0 radical (unpaired) electrons. The predicted octanol–water partition coefficient (Wildman–Crippen LogP) is 5.78. The van der Waals surface area contributed by atoms with Crippen LogP contribution in [-0.2, 0) is 6.42 Å². The molecule has 0 amide bonds. The summed E-state index contributed by atoms with van der Waals surface area (Å²) in [5.74, 6) is 1.30. The Hall–Kier alpha value is -4.55. The van der Waals surface area contributed by atoms with E-state index >= 15 is 0 Å². The zero-order valence-electron chi connectivity index (χ0n) is 21.3. The van der Waals surface area contributed by atoms with Gasteiger partial charge in [0.15, 0.2) is 10.6 Å². The molecule has 1 atom stereocenters. The minimum atomic E-state index is -0.195. The van der Waals surface area contributed by atoms with E-state index in [4.69, 9.17) is 9.41 Å². The Labute approximate surface area is 228 Å². The fourth-order valence-corrected chi connectivity index (χ4v) is 6.52. The largest absolute Gasteiger partial charge is 0.457 e. The maximum absolute atomic E-state index is 13.9. The van der Waals surface area contributed by atoms with Gasteiger partial charge in [0.25, 0.3) is 5.56 Å². The molecule has 0 unspecified atom stereocenters. The van der Waals surface area contributed by atoms with Gasteiger partial charge in [0.05, 0.1) is 16.3 Å². The molecule has 190 valence electrons. The molecule has 2 aliphatic rings. The third-order valence-electron chi connectivity index (χ3n) is 7.46. The number of allylic oxidation sites excluding steroid dienone is 1. The summed E-state index contributed by atoms with van der Waals surface area (Å²) < 4.78 is 8.52. The summed E-state index contributed by atoms with van der Waals surface area (Å²) in [6, 6.07) is 29.5. The molecule has 2 aromatic heterocycles. The van der Waals surface area contributed by atoms with Gasteiger partial charge in [-0.05, 0) is 48.6 Å². The van der Waals surface area contributed by atoms with Gasteiger partial charge >= 0.3 is 0 Å². The lowest BCUT2D eigenvalue weighted by Gasteiger charge is -2.30. The van der Waals surface area contributed by atoms with Crippen LogP contribution in [0.4, 0.5) is 0 Å². The quantitative estimate of drug-likeness (QED) is 0.278. The van der Waals surface area contributed by atoms with Crippen molar-refractivity contribution in [3.63, 3.8) is 0 Å². The van der Waals surface area contributed by atoms with Crippen LogP contribution in [0.3, 0.4) is 0 Å². The third-order valence-corrected chi connectivity index (χ3v) is 8.45. The van der Waals surface area contributed by atoms with E-state index in [0.717, 1.165) is 35.2 Å². The summed E-state index contributed by atoms with van der Waals surface area (Å²) in [6.07, 6.45) is 3.60. The number of aromatic nitrogens is 1. The van der Waals surface area contributed by atoms with E-state index in [0.29, 0.717) is 26.4 Å². The molecule has 7 rings (SSSR count). The van der Waals surface area contributed by atoms with Gasteiger partial charge in [0.1, 0.15) is 11.5 Å². The van der Waals surface area contributed by atoms with Crippen LogP contribution in [0.1, 0.15) is 52.2 Å². The minimum absolute atomic E-state index is 0.0241. The van der Waals surface area contributed by atoms with Gasteiger partial charge in [-0.25, -0.2) is 4.99 Å². The van der Waals surface area contributed by atoms with Crippen LogP contribution in [0.5, 0.6) is 0 Å². The second-order valence-electron chi connectivity index (χ2n) is 9.86. The van der Waals surface area contributed by atoms with Crippen molar-refractivity contribution in [1.82, 2.24) is 4.57 Å². The summed E-state index contributed by atoms with van der Waals surface area (Å²) >= 11 is 1.39. The molecular formula is C33H24N2O3S. The van der Waals surface area contributed by atoms with E-state index < -0.39 is 0 Å². The van der Waals surface area contributed by atoms with Crippen molar-refractivity contribution < 1.29 is 9.21 Å². The van der Waals surface area contributed by atoms with E-state index in [1.54, 1.807) is 25.1 Å². The molecule has 0 saturated heterocycles. The van der Waals surface area contributed by atoms with Crippen molar-refractivity contribution in [2.45, 2.75) is 25.8 Å². The molecule has 3 heterocycles. The first-order valence-corrected chi connectivity index (χ1v) is 13.8. The average molecular weight is 529 g/mol. The van der Waals surface area contributed by atoms with Crippen LogP contribution in [0.2, 0.25) is 0 Å². The first-order valence-electron chi connectivity index (χ1n) is 13.0. The molecule has 6 heteroatoms. The lowest BCUT2D eigenvalue weighted by atomic mass is 9.83. The monoisotopic (exact) mass is 528 g/mol. The number of nitrogens with zero attached hydrogens (tertiary/aromatic N) is 2. The molecule has 3 aromatic carbocycles. The highest BCUT2D eigenvalue weighted by molar-refractivity contribution is 7.07. The van der Waals surface area contributed by atoms with Gasteiger partial charge in [-0.1, -0.05) is 90.2 Å². The number of hydrogen-bond donors (Lipinski definition) is 0. The smallest absolute Gasteiger partial charge is 0.271 e. The van der Waals surface area contributed by atoms with Crippen LogP contribution in [0, 0.1) is 0 Å². The van der Waals surface area contributed by atoms with E-state index in [1.807, 2.05) is 47.0 Å². The van der Waals surface area contributed by atoms with E-state index in [2.05, 4.69) is 36.4 Å². The van der Waals surface area contributed by atoms with Crippen LogP contribution in [0.15, 0.2) is 111 Å². The Morgan fingerprint density at radius 1 is 0.949 bits per heavy atom. The van der Waals surface area contributed by atoms with E-state index in [9.17, 15) is 9.59 Å². The summed E-state index contributed by atoms with van der Waals surface area (Å²) in [7, 11) is 0. The SMILES string of the molecule is CC(=O)c1ccc(-c2ccc(/C=c3\sc4n(c3=O)[C@@H](c3ccccc3)C3=C(N=4)c4ccccc4CC3)o2)cc1. The Balaban J connectivity index is 1.35. The molecule has 0 spiro atoms. The van der Waals surface area contributed by atoms with Crippen molar-refractivity contribution in [2.24, 2.45) is 4.99 Å². The zero-order chi connectivity index (χ0) is 26.5. The average Bonchev–Trinajstić information content (AvgIpc) is 3.56. The Kier molecular flexibility index (Phi) is 5.63. The molecule has 39 heavy (non-hydrogen) atoms. The van der Waals surface area contributed by atoms with E-state index in [1.165, 1.54) is 22.5 Å². The first-order chi connectivity index (χ1) is 19.1. The fourth-order valence-electron chi connectivity index (χ4n) is 5.54. The number of fused-ring (bicyclic) bond motifs is 3. The van der Waals surface area contributed by atoms with Gasteiger partial charge in [-0.3, -0.25) is 14.2 Å². The Bertz CT molecular complexity index is 1960. The number of carbonyl (C=O) groups excluding carboxylic acids is 1. The lowest BCUT2D eigenvalue weighted by Crippen LogP contribution is -2.38. The van der Waals surface area contributed by atoms with Gasteiger partial charge < -0.3 is 4.42 Å². The summed E-state index contributed by atoms with van der Waals surface area (Å²) in [5.41, 5.74) is 7.18. The predicted molar refractivity (Wildman–Crippen MR) is 153 cm³/mol.